The van der Waals surface area contributed by atoms with Crippen molar-refractivity contribution in [3.63, 3.8) is 0 Å². The van der Waals surface area contributed by atoms with Gasteiger partial charge in [0, 0.05) is 5.69 Å². The Labute approximate surface area is 172 Å². The van der Waals surface area contributed by atoms with E-state index in [1.54, 1.807) is 37.4 Å². The van der Waals surface area contributed by atoms with Crippen LogP contribution in [-0.2, 0) is 14.3 Å². The first-order valence-corrected chi connectivity index (χ1v) is 9.97. The van der Waals surface area contributed by atoms with Crippen LogP contribution >= 0.6 is 11.3 Å². The Bertz CT molecular complexity index is 953. The van der Waals surface area contributed by atoms with Gasteiger partial charge in [-0.05, 0) is 44.4 Å². The van der Waals surface area contributed by atoms with Gasteiger partial charge >= 0.3 is 12.0 Å². The van der Waals surface area contributed by atoms with E-state index in [0.29, 0.717) is 10.7 Å². The first kappa shape index (κ1) is 20.5. The third-order valence-electron chi connectivity index (χ3n) is 4.48. The van der Waals surface area contributed by atoms with Crippen LogP contribution in [0.15, 0.2) is 35.7 Å². The van der Waals surface area contributed by atoms with Crippen molar-refractivity contribution in [3.05, 3.63) is 46.8 Å². The zero-order valence-corrected chi connectivity index (χ0v) is 17.1. The van der Waals surface area contributed by atoms with Gasteiger partial charge in [-0.3, -0.25) is 19.4 Å². The zero-order valence-electron chi connectivity index (χ0n) is 16.3. The number of benzene rings is 1. The highest BCUT2D eigenvalue weighted by atomic mass is 32.1. The number of amides is 4. The van der Waals surface area contributed by atoms with Crippen LogP contribution in [-0.4, -0.2) is 47.9 Å². The van der Waals surface area contributed by atoms with E-state index in [-0.39, 0.29) is 12.2 Å². The summed E-state index contributed by atoms with van der Waals surface area (Å²) in [6.07, 6.45) is 0. The fourth-order valence-corrected chi connectivity index (χ4v) is 3.79. The standard InChI is InChI=1S/C20H21N3O5S/c1-4-28-19(26)15-9-10-29-17(15)21-16(24)11-22-18(25)13(3)23(20(22)27)14-7-5-12(2)6-8-14/h5-10,13H,4,11H2,1-3H3,(H,21,24)/t13-/m0/s1. The summed E-state index contributed by atoms with van der Waals surface area (Å²) in [4.78, 5) is 52.0. The first-order valence-electron chi connectivity index (χ1n) is 9.09. The molecule has 3 rings (SSSR count). The van der Waals surface area contributed by atoms with Crippen molar-refractivity contribution in [3.8, 4) is 0 Å². The van der Waals surface area contributed by atoms with Crippen LogP contribution in [0.1, 0.15) is 29.8 Å². The number of carbonyl (C=O) groups is 4. The summed E-state index contributed by atoms with van der Waals surface area (Å²) >= 11 is 1.16. The molecule has 29 heavy (non-hydrogen) atoms. The highest BCUT2D eigenvalue weighted by molar-refractivity contribution is 7.14. The molecule has 0 aliphatic carbocycles. The largest absolute Gasteiger partial charge is 0.462 e. The third-order valence-corrected chi connectivity index (χ3v) is 5.30. The van der Waals surface area contributed by atoms with Crippen molar-refractivity contribution in [2.24, 2.45) is 0 Å². The maximum atomic E-state index is 12.8. The van der Waals surface area contributed by atoms with Crippen molar-refractivity contribution in [2.45, 2.75) is 26.8 Å². The average molecular weight is 415 g/mol. The highest BCUT2D eigenvalue weighted by Gasteiger charge is 2.44. The van der Waals surface area contributed by atoms with Crippen LogP contribution in [0.2, 0.25) is 0 Å². The Morgan fingerprint density at radius 1 is 1.17 bits per heavy atom. The van der Waals surface area contributed by atoms with E-state index in [4.69, 9.17) is 4.74 Å². The van der Waals surface area contributed by atoms with Crippen molar-refractivity contribution < 1.29 is 23.9 Å². The van der Waals surface area contributed by atoms with E-state index in [2.05, 4.69) is 5.32 Å². The van der Waals surface area contributed by atoms with Gasteiger partial charge in [0.05, 0.1) is 12.2 Å². The molecular weight excluding hydrogens is 394 g/mol. The molecule has 8 nitrogen and oxygen atoms in total. The lowest BCUT2D eigenvalue weighted by Crippen LogP contribution is -2.39. The van der Waals surface area contributed by atoms with Crippen molar-refractivity contribution in [1.82, 2.24) is 4.90 Å². The predicted molar refractivity (Wildman–Crippen MR) is 109 cm³/mol. The van der Waals surface area contributed by atoms with Gasteiger partial charge in [0.2, 0.25) is 5.91 Å². The second kappa shape index (κ2) is 8.44. The monoisotopic (exact) mass is 415 g/mol. The number of anilines is 2. The second-order valence-corrected chi connectivity index (χ2v) is 7.44. The number of hydrogen-bond donors (Lipinski definition) is 1. The topological polar surface area (TPSA) is 96.0 Å². The van der Waals surface area contributed by atoms with E-state index < -0.39 is 36.4 Å². The molecule has 1 aliphatic heterocycles. The number of aryl methyl sites for hydroxylation is 1. The molecule has 0 bridgehead atoms. The first-order chi connectivity index (χ1) is 13.8. The van der Waals surface area contributed by atoms with Gasteiger partial charge in [-0.25, -0.2) is 9.59 Å². The lowest BCUT2D eigenvalue weighted by Gasteiger charge is -2.19. The number of carbonyl (C=O) groups excluding carboxylic acids is 4. The molecule has 0 radical (unpaired) electrons. The molecule has 1 N–H and O–H groups in total. The molecule has 1 atom stereocenters. The summed E-state index contributed by atoms with van der Waals surface area (Å²) in [7, 11) is 0. The van der Waals surface area contributed by atoms with Gasteiger partial charge < -0.3 is 10.1 Å². The summed E-state index contributed by atoms with van der Waals surface area (Å²) in [5.41, 5.74) is 1.86. The second-order valence-electron chi connectivity index (χ2n) is 6.52. The summed E-state index contributed by atoms with van der Waals surface area (Å²) < 4.78 is 4.95. The van der Waals surface area contributed by atoms with Crippen molar-refractivity contribution in [2.75, 3.05) is 23.4 Å². The van der Waals surface area contributed by atoms with Crippen molar-refractivity contribution >= 4 is 45.8 Å². The lowest BCUT2D eigenvalue weighted by molar-refractivity contribution is -0.130. The molecule has 0 saturated carbocycles. The Morgan fingerprint density at radius 2 is 1.86 bits per heavy atom. The maximum absolute atomic E-state index is 12.8. The number of urea groups is 1. The maximum Gasteiger partial charge on any atom is 0.341 e. The van der Waals surface area contributed by atoms with Crippen LogP contribution in [0.25, 0.3) is 0 Å². The van der Waals surface area contributed by atoms with Crippen LogP contribution in [0.4, 0.5) is 15.5 Å². The summed E-state index contributed by atoms with van der Waals surface area (Å²) in [6.45, 7) is 5.01. The van der Waals surface area contributed by atoms with Gasteiger partial charge in [0.15, 0.2) is 0 Å². The minimum absolute atomic E-state index is 0.214. The van der Waals surface area contributed by atoms with Gasteiger partial charge in [0.25, 0.3) is 5.91 Å². The van der Waals surface area contributed by atoms with E-state index in [9.17, 15) is 19.2 Å². The van der Waals surface area contributed by atoms with E-state index in [0.717, 1.165) is 21.8 Å². The van der Waals surface area contributed by atoms with Crippen LogP contribution in [0.5, 0.6) is 0 Å². The molecule has 2 aromatic rings. The molecule has 9 heteroatoms. The van der Waals surface area contributed by atoms with Crippen LogP contribution < -0.4 is 10.2 Å². The molecule has 0 unspecified atom stereocenters. The quantitative estimate of drug-likeness (QED) is 0.578. The van der Waals surface area contributed by atoms with E-state index in [1.807, 2.05) is 19.1 Å². The Morgan fingerprint density at radius 3 is 2.52 bits per heavy atom. The molecule has 1 aromatic heterocycles. The predicted octanol–water partition coefficient (Wildman–Crippen LogP) is 3.03. The van der Waals surface area contributed by atoms with E-state index >= 15 is 0 Å². The van der Waals surface area contributed by atoms with Crippen molar-refractivity contribution in [1.29, 1.82) is 0 Å². The number of thiophene rings is 1. The number of nitrogens with zero attached hydrogens (tertiary/aromatic N) is 2. The molecule has 1 saturated heterocycles. The van der Waals surface area contributed by atoms with Gasteiger partial charge in [-0.1, -0.05) is 17.7 Å². The number of nitrogens with one attached hydrogen (secondary N) is 1. The normalized spacial score (nSPS) is 16.3. The molecule has 152 valence electrons. The molecule has 2 heterocycles. The molecule has 1 fully saturated rings. The Hall–Kier alpha value is -3.20. The smallest absolute Gasteiger partial charge is 0.341 e. The average Bonchev–Trinajstić information content (AvgIpc) is 3.22. The van der Waals surface area contributed by atoms with Gasteiger partial charge in [-0.2, -0.15) is 0 Å². The zero-order chi connectivity index (χ0) is 21.1. The molecule has 1 aliphatic rings. The molecule has 1 aromatic carbocycles. The fraction of sp³-hybridized carbons (Fsp3) is 0.300. The Kier molecular flexibility index (Phi) is 5.97. The summed E-state index contributed by atoms with van der Waals surface area (Å²) in [5.74, 6) is -1.57. The molecule has 0 spiro atoms. The highest BCUT2D eigenvalue weighted by Crippen LogP contribution is 2.27. The van der Waals surface area contributed by atoms with Crippen LogP contribution in [0, 0.1) is 6.92 Å². The fourth-order valence-electron chi connectivity index (χ4n) is 3.00. The molecular formula is C20H21N3O5S. The summed E-state index contributed by atoms with van der Waals surface area (Å²) in [6, 6.07) is 7.50. The van der Waals surface area contributed by atoms with E-state index in [1.165, 1.54) is 4.90 Å². The third kappa shape index (κ3) is 4.14. The minimum atomic E-state index is -0.713. The number of esters is 1. The number of ether oxygens (including phenoxy) is 1. The molecule has 4 amide bonds. The number of hydrogen-bond acceptors (Lipinski definition) is 6. The number of rotatable bonds is 6. The summed E-state index contributed by atoms with van der Waals surface area (Å²) in [5, 5.41) is 4.55. The Balaban J connectivity index is 1.72. The SMILES string of the molecule is CCOC(=O)c1ccsc1NC(=O)CN1C(=O)[C@H](C)N(c2ccc(C)cc2)C1=O. The minimum Gasteiger partial charge on any atom is -0.462 e. The van der Waals surface area contributed by atoms with Gasteiger partial charge in [-0.15, -0.1) is 11.3 Å². The number of imide groups is 1. The lowest BCUT2D eigenvalue weighted by atomic mass is 10.2. The van der Waals surface area contributed by atoms with Gasteiger partial charge in [0.1, 0.15) is 17.6 Å². The van der Waals surface area contributed by atoms with Crippen LogP contribution in [0.3, 0.4) is 0 Å².